The average Bonchev–Trinajstić information content (AvgIpc) is 3.65. The van der Waals surface area contributed by atoms with E-state index in [9.17, 15) is 5.11 Å². The molecule has 0 amide bonds. The number of aromatic nitrogens is 3. The molecule has 2 aliphatic carbocycles. The summed E-state index contributed by atoms with van der Waals surface area (Å²) in [7, 11) is 1.64. The molecule has 3 aliphatic rings. The molecule has 1 aliphatic heterocycles. The topological polar surface area (TPSA) is 90.7 Å². The third-order valence-corrected chi connectivity index (χ3v) is 8.18. The van der Waals surface area contributed by atoms with Gasteiger partial charge in [-0.3, -0.25) is 0 Å². The van der Waals surface area contributed by atoms with Crippen molar-refractivity contribution >= 4 is 16.9 Å². The highest BCUT2D eigenvalue weighted by atomic mass is 16.7. The zero-order valence-electron chi connectivity index (χ0n) is 20.7. The van der Waals surface area contributed by atoms with Crippen molar-refractivity contribution in [2.45, 2.75) is 49.8 Å². The summed E-state index contributed by atoms with van der Waals surface area (Å²) in [6.45, 7) is 0.539. The Morgan fingerprint density at radius 1 is 1.08 bits per heavy atom. The molecule has 2 aromatic carbocycles. The molecule has 7 rings (SSSR count). The SMILES string of the molecule is COc1ccc([C@@H]2OC[C@@H]3C[C@@H](n4ccc5c(N[C@H]6CCc7ccccc76)ncnc54)[C@H](O)[C@H]3O2)cc1. The van der Waals surface area contributed by atoms with Crippen LogP contribution in [0, 0.1) is 5.92 Å². The predicted molar refractivity (Wildman–Crippen MR) is 138 cm³/mol. The minimum Gasteiger partial charge on any atom is -0.497 e. The van der Waals surface area contributed by atoms with Gasteiger partial charge < -0.3 is 29.2 Å². The molecular formula is C29H30N4O4. The maximum atomic E-state index is 11.4. The maximum Gasteiger partial charge on any atom is 0.184 e. The highest BCUT2D eigenvalue weighted by Gasteiger charge is 2.48. The number of anilines is 1. The molecule has 37 heavy (non-hydrogen) atoms. The number of nitrogens with one attached hydrogen (secondary N) is 1. The smallest absolute Gasteiger partial charge is 0.184 e. The number of aryl methyl sites for hydroxylation is 1. The van der Waals surface area contributed by atoms with Crippen LogP contribution < -0.4 is 10.1 Å². The van der Waals surface area contributed by atoms with E-state index in [0.717, 1.165) is 47.4 Å². The summed E-state index contributed by atoms with van der Waals surface area (Å²) in [6.07, 6.45) is 5.01. The number of hydrogen-bond acceptors (Lipinski definition) is 7. The molecule has 4 aromatic rings. The second-order valence-electron chi connectivity index (χ2n) is 10.2. The monoisotopic (exact) mass is 498 g/mol. The van der Waals surface area contributed by atoms with E-state index in [1.807, 2.05) is 36.5 Å². The Morgan fingerprint density at radius 3 is 2.81 bits per heavy atom. The maximum absolute atomic E-state index is 11.4. The summed E-state index contributed by atoms with van der Waals surface area (Å²) in [5, 5.41) is 16.0. The molecular weight excluding hydrogens is 468 g/mol. The molecule has 1 saturated carbocycles. The molecule has 6 atom stereocenters. The van der Waals surface area contributed by atoms with E-state index < -0.39 is 12.4 Å². The Balaban J connectivity index is 1.12. The van der Waals surface area contributed by atoms with E-state index in [2.05, 4.69) is 44.1 Å². The van der Waals surface area contributed by atoms with Crippen LogP contribution in [0.4, 0.5) is 5.82 Å². The second-order valence-corrected chi connectivity index (χ2v) is 10.2. The Kier molecular flexibility index (Phi) is 5.61. The number of aliphatic hydroxyl groups is 1. The summed E-state index contributed by atoms with van der Waals surface area (Å²) in [5.41, 5.74) is 4.47. The number of rotatable bonds is 5. The number of aliphatic hydroxyl groups excluding tert-OH is 1. The van der Waals surface area contributed by atoms with Crippen LogP contribution in [-0.2, 0) is 15.9 Å². The largest absolute Gasteiger partial charge is 0.497 e. The molecule has 0 unspecified atom stereocenters. The van der Waals surface area contributed by atoms with Crippen LogP contribution in [0.1, 0.15) is 47.9 Å². The zero-order chi connectivity index (χ0) is 24.9. The first-order valence-electron chi connectivity index (χ1n) is 12.9. The molecule has 0 spiro atoms. The summed E-state index contributed by atoms with van der Waals surface area (Å²) in [5.74, 6) is 1.72. The van der Waals surface area contributed by atoms with Crippen LogP contribution in [0.25, 0.3) is 11.0 Å². The van der Waals surface area contributed by atoms with Gasteiger partial charge in [0, 0.05) is 17.7 Å². The number of hydrogen-bond donors (Lipinski definition) is 2. The van der Waals surface area contributed by atoms with Gasteiger partial charge >= 0.3 is 0 Å². The summed E-state index contributed by atoms with van der Waals surface area (Å²) < 4.78 is 19.7. The van der Waals surface area contributed by atoms with Crippen molar-refractivity contribution in [3.8, 4) is 5.75 Å². The Morgan fingerprint density at radius 2 is 1.95 bits per heavy atom. The van der Waals surface area contributed by atoms with Crippen LogP contribution in [-0.4, -0.2) is 45.6 Å². The minimum atomic E-state index is -0.668. The highest BCUT2D eigenvalue weighted by molar-refractivity contribution is 5.87. The third-order valence-electron chi connectivity index (χ3n) is 8.18. The minimum absolute atomic E-state index is 0.112. The number of nitrogens with zero attached hydrogens (tertiary/aromatic N) is 3. The van der Waals surface area contributed by atoms with Gasteiger partial charge in [0.25, 0.3) is 0 Å². The van der Waals surface area contributed by atoms with Gasteiger partial charge in [0.2, 0.25) is 0 Å². The fourth-order valence-electron chi connectivity index (χ4n) is 6.27. The predicted octanol–water partition coefficient (Wildman–Crippen LogP) is 4.58. The molecule has 8 nitrogen and oxygen atoms in total. The normalized spacial score (nSPS) is 28.7. The summed E-state index contributed by atoms with van der Waals surface area (Å²) >= 11 is 0. The second kappa shape index (κ2) is 9.13. The average molecular weight is 499 g/mol. The van der Waals surface area contributed by atoms with Crippen LogP contribution in [0.5, 0.6) is 5.75 Å². The van der Waals surface area contributed by atoms with E-state index in [0.29, 0.717) is 6.61 Å². The van der Waals surface area contributed by atoms with Crippen LogP contribution in [0.2, 0.25) is 0 Å². The van der Waals surface area contributed by atoms with Gasteiger partial charge in [-0.2, -0.15) is 0 Å². The molecule has 0 bridgehead atoms. The first-order valence-corrected chi connectivity index (χ1v) is 12.9. The van der Waals surface area contributed by atoms with E-state index in [1.165, 1.54) is 11.1 Å². The molecule has 0 radical (unpaired) electrons. The number of benzene rings is 2. The van der Waals surface area contributed by atoms with Crippen molar-refractivity contribution in [3.63, 3.8) is 0 Å². The fraction of sp³-hybridized carbons (Fsp3) is 0.379. The summed E-state index contributed by atoms with van der Waals surface area (Å²) in [6, 6.07) is 18.4. The van der Waals surface area contributed by atoms with E-state index >= 15 is 0 Å². The highest BCUT2D eigenvalue weighted by Crippen LogP contribution is 2.45. The Hall–Kier alpha value is -3.46. The zero-order valence-corrected chi connectivity index (χ0v) is 20.7. The number of methoxy groups -OCH3 is 1. The van der Waals surface area contributed by atoms with Crippen molar-refractivity contribution in [1.29, 1.82) is 0 Å². The molecule has 2 N–H and O–H groups in total. The van der Waals surface area contributed by atoms with Crippen molar-refractivity contribution in [2.75, 3.05) is 19.0 Å². The molecule has 2 fully saturated rings. The quantitative estimate of drug-likeness (QED) is 0.416. The number of ether oxygens (including phenoxy) is 3. The number of fused-ring (bicyclic) bond motifs is 3. The lowest BCUT2D eigenvalue weighted by Gasteiger charge is -2.34. The van der Waals surface area contributed by atoms with Crippen molar-refractivity contribution in [1.82, 2.24) is 14.5 Å². The molecule has 3 heterocycles. The lowest BCUT2D eigenvalue weighted by atomic mass is 10.0. The third kappa shape index (κ3) is 3.87. The van der Waals surface area contributed by atoms with Crippen LogP contribution >= 0.6 is 0 Å². The molecule has 8 heteroatoms. The van der Waals surface area contributed by atoms with Gasteiger partial charge in [-0.05, 0) is 48.6 Å². The van der Waals surface area contributed by atoms with Gasteiger partial charge in [0.15, 0.2) is 6.29 Å². The van der Waals surface area contributed by atoms with Crippen molar-refractivity contribution in [2.24, 2.45) is 5.92 Å². The van der Waals surface area contributed by atoms with E-state index in [4.69, 9.17) is 14.2 Å². The van der Waals surface area contributed by atoms with Crippen molar-refractivity contribution < 1.29 is 19.3 Å². The first-order chi connectivity index (χ1) is 18.2. The van der Waals surface area contributed by atoms with Gasteiger partial charge in [0.05, 0.1) is 37.3 Å². The van der Waals surface area contributed by atoms with Gasteiger partial charge in [-0.1, -0.05) is 36.4 Å². The Labute approximate surface area is 215 Å². The summed E-state index contributed by atoms with van der Waals surface area (Å²) in [4.78, 5) is 9.19. The van der Waals surface area contributed by atoms with Gasteiger partial charge in [-0.25, -0.2) is 9.97 Å². The standard InChI is InChI=1S/C29H30N4O4/c1-35-20-9-6-18(7-10-20)29-36-15-19-14-24(25(34)26(19)37-29)33-13-12-22-27(30-16-31-28(22)33)32-23-11-8-17-4-2-3-5-21(17)23/h2-7,9-10,12-13,16,19,23-26,29,34H,8,11,14-15H2,1H3,(H,30,31,32)/t19-,23-,24+,25-,26-,29+/m0/s1. The van der Waals surface area contributed by atoms with Gasteiger partial charge in [-0.15, -0.1) is 0 Å². The molecule has 190 valence electrons. The molecule has 1 saturated heterocycles. The lowest BCUT2D eigenvalue weighted by molar-refractivity contribution is -0.249. The Bertz CT molecular complexity index is 1420. The lowest BCUT2D eigenvalue weighted by Crippen LogP contribution is -2.39. The van der Waals surface area contributed by atoms with E-state index in [1.54, 1.807) is 13.4 Å². The molecule has 2 aromatic heterocycles. The van der Waals surface area contributed by atoms with Crippen LogP contribution in [0.15, 0.2) is 67.1 Å². The van der Waals surface area contributed by atoms with Crippen LogP contribution in [0.3, 0.4) is 0 Å². The van der Waals surface area contributed by atoms with Crippen molar-refractivity contribution in [3.05, 3.63) is 83.8 Å². The van der Waals surface area contributed by atoms with Gasteiger partial charge in [0.1, 0.15) is 29.6 Å². The fourth-order valence-corrected chi connectivity index (χ4v) is 6.27. The first kappa shape index (κ1) is 22.7. The van der Waals surface area contributed by atoms with E-state index in [-0.39, 0.29) is 24.1 Å².